The van der Waals surface area contributed by atoms with Crippen LogP contribution in [0.5, 0.6) is 0 Å². The summed E-state index contributed by atoms with van der Waals surface area (Å²) >= 11 is 0. The number of hydrogen-bond acceptors (Lipinski definition) is 5. The van der Waals surface area contributed by atoms with Gasteiger partial charge in [0.25, 0.3) is 10.0 Å². The third kappa shape index (κ3) is 5.42. The van der Waals surface area contributed by atoms with Crippen molar-refractivity contribution in [2.24, 2.45) is 0 Å². The van der Waals surface area contributed by atoms with E-state index in [1.165, 1.54) is 0 Å². The number of aromatic nitrogens is 2. The summed E-state index contributed by atoms with van der Waals surface area (Å²) in [6.45, 7) is 12.3. The summed E-state index contributed by atoms with van der Waals surface area (Å²) < 4.78 is 27.4. The zero-order chi connectivity index (χ0) is 18.9. The molecule has 0 unspecified atom stereocenters. The maximum absolute atomic E-state index is 12.5. The molecule has 0 aliphatic rings. The molecule has 25 heavy (non-hydrogen) atoms. The van der Waals surface area contributed by atoms with Crippen molar-refractivity contribution in [1.82, 2.24) is 10.2 Å². The molecule has 7 heteroatoms. The van der Waals surface area contributed by atoms with Crippen LogP contribution in [0.15, 0.2) is 41.3 Å². The first-order valence-electron chi connectivity index (χ1n) is 8.12. The first-order valence-corrected chi connectivity index (χ1v) is 9.60. The van der Waals surface area contributed by atoms with Crippen LogP contribution in [0.3, 0.4) is 0 Å². The van der Waals surface area contributed by atoms with Gasteiger partial charge in [0.2, 0.25) is 0 Å². The van der Waals surface area contributed by atoms with E-state index in [1.54, 1.807) is 24.3 Å². The lowest BCUT2D eigenvalue weighted by Crippen LogP contribution is -2.26. The average Bonchev–Trinajstić information content (AvgIpc) is 2.47. The number of nitrogens with one attached hydrogen (secondary N) is 2. The van der Waals surface area contributed by atoms with E-state index in [4.69, 9.17) is 0 Å². The highest BCUT2D eigenvalue weighted by atomic mass is 32.2. The Labute approximate surface area is 150 Å². The standard InChI is InChI=1S/C18H26N4O2S/c1-17(2,3)13-7-9-14(10-8-13)25(23,24)22-16-12-11-15(20-21-16)19-18(4,5)6/h7-12H,1-6H3,(H,19,20)(H,21,22). The van der Waals surface area contributed by atoms with Crippen LogP contribution in [0.2, 0.25) is 0 Å². The van der Waals surface area contributed by atoms with E-state index in [0.717, 1.165) is 5.56 Å². The van der Waals surface area contributed by atoms with E-state index in [0.29, 0.717) is 5.82 Å². The molecule has 2 aromatic rings. The van der Waals surface area contributed by atoms with Gasteiger partial charge in [-0.2, -0.15) is 0 Å². The minimum absolute atomic E-state index is 0.0307. The van der Waals surface area contributed by atoms with E-state index in [9.17, 15) is 8.42 Å². The molecule has 0 fully saturated rings. The number of rotatable bonds is 4. The average molecular weight is 362 g/mol. The van der Waals surface area contributed by atoms with E-state index < -0.39 is 10.0 Å². The fraction of sp³-hybridized carbons (Fsp3) is 0.444. The van der Waals surface area contributed by atoms with Crippen molar-refractivity contribution in [3.05, 3.63) is 42.0 Å². The molecule has 1 aromatic carbocycles. The molecule has 0 radical (unpaired) electrons. The second-order valence-corrected chi connectivity index (χ2v) is 9.74. The number of sulfonamides is 1. The van der Waals surface area contributed by atoms with Crippen molar-refractivity contribution >= 4 is 21.7 Å². The van der Waals surface area contributed by atoms with Crippen LogP contribution in [0.25, 0.3) is 0 Å². The number of nitrogens with zero attached hydrogens (tertiary/aromatic N) is 2. The molecule has 2 N–H and O–H groups in total. The summed E-state index contributed by atoms with van der Waals surface area (Å²) in [5.74, 6) is 0.768. The summed E-state index contributed by atoms with van der Waals surface area (Å²) in [6, 6.07) is 10.1. The molecule has 6 nitrogen and oxygen atoms in total. The van der Waals surface area contributed by atoms with Gasteiger partial charge in [0.15, 0.2) is 5.82 Å². The van der Waals surface area contributed by atoms with Crippen molar-refractivity contribution in [2.75, 3.05) is 10.0 Å². The molecule has 0 saturated heterocycles. The fourth-order valence-electron chi connectivity index (χ4n) is 2.17. The summed E-state index contributed by atoms with van der Waals surface area (Å²) in [6.07, 6.45) is 0. The van der Waals surface area contributed by atoms with Crippen molar-refractivity contribution in [3.63, 3.8) is 0 Å². The maximum atomic E-state index is 12.5. The van der Waals surface area contributed by atoms with Crippen LogP contribution < -0.4 is 10.0 Å². The molecule has 0 aliphatic heterocycles. The molecule has 136 valence electrons. The minimum atomic E-state index is -3.70. The van der Waals surface area contributed by atoms with Crippen LogP contribution in [0.1, 0.15) is 47.1 Å². The SMILES string of the molecule is CC(C)(C)Nc1ccc(NS(=O)(=O)c2ccc(C(C)(C)C)cc2)nn1. The highest BCUT2D eigenvalue weighted by Crippen LogP contribution is 2.24. The zero-order valence-electron chi connectivity index (χ0n) is 15.6. The lowest BCUT2D eigenvalue weighted by molar-refractivity contribution is 0.587. The van der Waals surface area contributed by atoms with Crippen LogP contribution in [0, 0.1) is 0 Å². The topological polar surface area (TPSA) is 84.0 Å². The molecule has 0 spiro atoms. The predicted molar refractivity (Wildman–Crippen MR) is 101 cm³/mol. The largest absolute Gasteiger partial charge is 0.364 e. The highest BCUT2D eigenvalue weighted by Gasteiger charge is 2.18. The van der Waals surface area contributed by atoms with Crippen molar-refractivity contribution in [3.8, 4) is 0 Å². The smallest absolute Gasteiger partial charge is 0.263 e. The van der Waals surface area contributed by atoms with E-state index >= 15 is 0 Å². The third-order valence-corrected chi connectivity index (χ3v) is 4.81. The van der Waals surface area contributed by atoms with Gasteiger partial charge in [0.1, 0.15) is 5.82 Å². The number of benzene rings is 1. The quantitative estimate of drug-likeness (QED) is 0.864. The van der Waals surface area contributed by atoms with Gasteiger partial charge in [-0.15, -0.1) is 10.2 Å². The molecular formula is C18H26N4O2S. The first-order chi connectivity index (χ1) is 11.4. The Bertz CT molecular complexity index is 815. The Kier molecular flexibility index (Phi) is 5.09. The molecule has 1 heterocycles. The van der Waals surface area contributed by atoms with Crippen molar-refractivity contribution in [1.29, 1.82) is 0 Å². The second-order valence-electron chi connectivity index (χ2n) is 8.06. The van der Waals surface area contributed by atoms with Gasteiger partial charge in [0, 0.05) is 5.54 Å². The summed E-state index contributed by atoms with van der Waals surface area (Å²) in [7, 11) is -3.70. The highest BCUT2D eigenvalue weighted by molar-refractivity contribution is 7.92. The van der Waals surface area contributed by atoms with Crippen LogP contribution in [0.4, 0.5) is 11.6 Å². The Hall–Kier alpha value is -2.15. The fourth-order valence-corrected chi connectivity index (χ4v) is 3.16. The molecule has 0 atom stereocenters. The Morgan fingerprint density at radius 2 is 1.32 bits per heavy atom. The Morgan fingerprint density at radius 1 is 0.800 bits per heavy atom. The first kappa shape index (κ1) is 19.2. The number of anilines is 2. The molecule has 0 saturated carbocycles. The van der Waals surface area contributed by atoms with Crippen LogP contribution in [-0.2, 0) is 15.4 Å². The monoisotopic (exact) mass is 362 g/mol. The lowest BCUT2D eigenvalue weighted by atomic mass is 9.87. The maximum Gasteiger partial charge on any atom is 0.263 e. The number of hydrogen-bond donors (Lipinski definition) is 2. The third-order valence-electron chi connectivity index (χ3n) is 3.44. The Balaban J connectivity index is 2.16. The molecule has 2 rings (SSSR count). The minimum Gasteiger partial charge on any atom is -0.364 e. The van der Waals surface area contributed by atoms with Gasteiger partial charge in [-0.25, -0.2) is 8.42 Å². The van der Waals surface area contributed by atoms with Gasteiger partial charge in [-0.3, -0.25) is 4.72 Å². The van der Waals surface area contributed by atoms with E-state index in [2.05, 4.69) is 41.0 Å². The van der Waals surface area contributed by atoms with Crippen LogP contribution in [-0.4, -0.2) is 24.2 Å². The van der Waals surface area contributed by atoms with Crippen LogP contribution >= 0.6 is 0 Å². The summed E-state index contributed by atoms with van der Waals surface area (Å²) in [4.78, 5) is 0.194. The normalized spacial score (nSPS) is 12.7. The van der Waals surface area contributed by atoms with Gasteiger partial charge in [-0.1, -0.05) is 32.9 Å². The van der Waals surface area contributed by atoms with E-state index in [1.807, 2.05) is 32.9 Å². The second kappa shape index (κ2) is 6.63. The molecule has 0 amide bonds. The molecule has 0 bridgehead atoms. The van der Waals surface area contributed by atoms with E-state index in [-0.39, 0.29) is 21.7 Å². The van der Waals surface area contributed by atoms with Gasteiger partial charge in [0.05, 0.1) is 4.90 Å². The zero-order valence-corrected chi connectivity index (χ0v) is 16.4. The summed E-state index contributed by atoms with van der Waals surface area (Å²) in [5, 5.41) is 11.1. The Morgan fingerprint density at radius 3 is 1.76 bits per heavy atom. The van der Waals surface area contributed by atoms with Crippen molar-refractivity contribution in [2.45, 2.75) is 57.4 Å². The molecule has 0 aliphatic carbocycles. The predicted octanol–water partition coefficient (Wildman–Crippen LogP) is 3.79. The van der Waals surface area contributed by atoms with Gasteiger partial charge >= 0.3 is 0 Å². The van der Waals surface area contributed by atoms with Crippen molar-refractivity contribution < 1.29 is 8.42 Å². The summed E-state index contributed by atoms with van der Waals surface area (Å²) in [5.41, 5.74) is 0.894. The molecular weight excluding hydrogens is 336 g/mol. The lowest BCUT2D eigenvalue weighted by Gasteiger charge is -2.20. The molecule has 1 aromatic heterocycles. The van der Waals surface area contributed by atoms with Gasteiger partial charge in [-0.05, 0) is 56.0 Å². The van der Waals surface area contributed by atoms with Gasteiger partial charge < -0.3 is 5.32 Å².